The molecule has 0 spiro atoms. The van der Waals surface area contributed by atoms with Crippen LogP contribution in [0.15, 0.2) is 42.2 Å². The van der Waals surface area contributed by atoms with Gasteiger partial charge in [0, 0.05) is 24.9 Å². The van der Waals surface area contributed by atoms with Crippen LogP contribution in [0, 0.1) is 0 Å². The van der Waals surface area contributed by atoms with Crippen molar-refractivity contribution in [2.45, 2.75) is 13.5 Å². The number of allylic oxidation sites excluding steroid dienone is 1. The van der Waals surface area contributed by atoms with Gasteiger partial charge in [-0.3, -0.25) is 0 Å². The lowest BCUT2D eigenvalue weighted by atomic mass is 9.98. The standard InChI is InChI=1S/C15H17NS/c1-5-17-10-11(2)13-7-6-8-14-12(3)16(4)9-15(13)14/h5-8,10H,1,3,9H2,2,4H3/b11-10+. The molecule has 1 aromatic rings. The zero-order valence-electron chi connectivity index (χ0n) is 10.4. The molecule has 0 unspecified atom stereocenters. The molecule has 0 radical (unpaired) electrons. The lowest BCUT2D eigenvalue weighted by molar-refractivity contribution is 0.501. The summed E-state index contributed by atoms with van der Waals surface area (Å²) < 4.78 is 0. The minimum absolute atomic E-state index is 0.953. The lowest BCUT2D eigenvalue weighted by Crippen LogP contribution is -2.06. The Hall–Kier alpha value is -1.41. The average Bonchev–Trinajstić information content (AvgIpc) is 2.62. The molecule has 0 atom stereocenters. The van der Waals surface area contributed by atoms with E-state index in [0.717, 1.165) is 12.2 Å². The third-order valence-corrected chi connectivity index (χ3v) is 3.79. The van der Waals surface area contributed by atoms with Gasteiger partial charge in [-0.1, -0.05) is 31.4 Å². The van der Waals surface area contributed by atoms with E-state index in [2.05, 4.69) is 55.6 Å². The van der Waals surface area contributed by atoms with Crippen molar-refractivity contribution >= 4 is 23.0 Å². The highest BCUT2D eigenvalue weighted by Crippen LogP contribution is 2.35. The van der Waals surface area contributed by atoms with Gasteiger partial charge in [-0.25, -0.2) is 0 Å². The molecule has 1 heterocycles. The van der Waals surface area contributed by atoms with Gasteiger partial charge in [0.05, 0.1) is 0 Å². The molecular formula is C15H17NS. The Morgan fingerprint density at radius 1 is 1.47 bits per heavy atom. The first-order valence-electron chi connectivity index (χ1n) is 5.61. The van der Waals surface area contributed by atoms with Gasteiger partial charge in [0.1, 0.15) is 0 Å². The second kappa shape index (κ2) is 4.84. The van der Waals surface area contributed by atoms with Crippen LogP contribution >= 0.6 is 11.8 Å². The molecule has 0 aromatic heterocycles. The number of rotatable bonds is 3. The third kappa shape index (κ3) is 2.18. The smallest absolute Gasteiger partial charge is 0.0439 e. The number of nitrogens with zero attached hydrogens (tertiary/aromatic N) is 1. The van der Waals surface area contributed by atoms with E-state index in [1.165, 1.54) is 22.3 Å². The maximum Gasteiger partial charge on any atom is 0.0439 e. The van der Waals surface area contributed by atoms with Crippen molar-refractivity contribution in [2.24, 2.45) is 0 Å². The van der Waals surface area contributed by atoms with Gasteiger partial charge >= 0.3 is 0 Å². The van der Waals surface area contributed by atoms with Crippen LogP contribution in [0.5, 0.6) is 0 Å². The first-order chi connectivity index (χ1) is 8.15. The minimum atomic E-state index is 0.953. The molecule has 0 saturated heterocycles. The van der Waals surface area contributed by atoms with Gasteiger partial charge in [0.2, 0.25) is 0 Å². The summed E-state index contributed by atoms with van der Waals surface area (Å²) in [5, 5.41) is 3.99. The number of hydrogen-bond acceptors (Lipinski definition) is 2. The Labute approximate surface area is 108 Å². The molecule has 0 fully saturated rings. The van der Waals surface area contributed by atoms with E-state index in [1.807, 2.05) is 5.41 Å². The van der Waals surface area contributed by atoms with Crippen molar-refractivity contribution in [2.75, 3.05) is 7.05 Å². The highest BCUT2D eigenvalue weighted by atomic mass is 32.2. The van der Waals surface area contributed by atoms with Gasteiger partial charge in [0.15, 0.2) is 0 Å². The Bertz CT molecular complexity index is 500. The van der Waals surface area contributed by atoms with Crippen LogP contribution < -0.4 is 0 Å². The summed E-state index contributed by atoms with van der Waals surface area (Å²) in [6, 6.07) is 6.44. The summed E-state index contributed by atoms with van der Waals surface area (Å²) in [4.78, 5) is 2.20. The van der Waals surface area contributed by atoms with Crippen LogP contribution in [0.2, 0.25) is 0 Å². The summed E-state index contributed by atoms with van der Waals surface area (Å²) in [5.74, 6) is 0. The Morgan fingerprint density at radius 2 is 2.24 bits per heavy atom. The van der Waals surface area contributed by atoms with Crippen molar-refractivity contribution in [3.05, 3.63) is 58.9 Å². The summed E-state index contributed by atoms with van der Waals surface area (Å²) in [6.45, 7) is 10.9. The summed E-state index contributed by atoms with van der Waals surface area (Å²) in [5.41, 5.74) is 6.39. The maximum atomic E-state index is 4.12. The van der Waals surface area contributed by atoms with E-state index >= 15 is 0 Å². The predicted octanol–water partition coefficient (Wildman–Crippen LogP) is 4.34. The van der Waals surface area contributed by atoms with E-state index in [-0.39, 0.29) is 0 Å². The first-order valence-corrected chi connectivity index (χ1v) is 6.55. The Morgan fingerprint density at radius 3 is 2.94 bits per heavy atom. The molecule has 1 aliphatic rings. The monoisotopic (exact) mass is 243 g/mol. The zero-order chi connectivity index (χ0) is 12.4. The van der Waals surface area contributed by atoms with Gasteiger partial charge in [-0.15, -0.1) is 11.8 Å². The molecular weight excluding hydrogens is 226 g/mol. The number of fused-ring (bicyclic) bond motifs is 1. The van der Waals surface area contributed by atoms with Crippen LogP contribution in [0.1, 0.15) is 23.6 Å². The highest BCUT2D eigenvalue weighted by molar-refractivity contribution is 8.05. The fourth-order valence-corrected chi connectivity index (χ4v) is 2.58. The first kappa shape index (κ1) is 12.1. The van der Waals surface area contributed by atoms with Crippen LogP contribution in [-0.4, -0.2) is 11.9 Å². The largest absolute Gasteiger partial charge is 0.370 e. The Balaban J connectivity index is 2.45. The number of benzene rings is 1. The number of thioether (sulfide) groups is 1. The minimum Gasteiger partial charge on any atom is -0.370 e. The second-order valence-corrected chi connectivity index (χ2v) is 5.08. The van der Waals surface area contributed by atoms with Crippen molar-refractivity contribution in [3.8, 4) is 0 Å². The molecule has 0 N–H and O–H groups in total. The van der Waals surface area contributed by atoms with Crippen LogP contribution in [0.25, 0.3) is 11.3 Å². The van der Waals surface area contributed by atoms with E-state index in [4.69, 9.17) is 0 Å². The van der Waals surface area contributed by atoms with Gasteiger partial charge in [-0.05, 0) is 34.4 Å². The molecule has 1 nitrogen and oxygen atoms in total. The van der Waals surface area contributed by atoms with E-state index in [9.17, 15) is 0 Å². The van der Waals surface area contributed by atoms with Crippen LogP contribution in [0.4, 0.5) is 0 Å². The molecule has 0 saturated carbocycles. The summed E-state index contributed by atoms with van der Waals surface area (Å²) in [7, 11) is 2.09. The van der Waals surface area contributed by atoms with Crippen molar-refractivity contribution in [1.29, 1.82) is 0 Å². The molecule has 0 aliphatic carbocycles. The topological polar surface area (TPSA) is 3.24 Å². The SMILES string of the molecule is C=CS/C=C(\C)c1cccc2c1CN(C)C2=C. The molecule has 2 heteroatoms. The third-order valence-electron chi connectivity index (χ3n) is 3.11. The fourth-order valence-electron chi connectivity index (χ4n) is 2.15. The lowest BCUT2D eigenvalue weighted by Gasteiger charge is -2.10. The van der Waals surface area contributed by atoms with Gasteiger partial charge < -0.3 is 4.90 Å². The van der Waals surface area contributed by atoms with Crippen molar-refractivity contribution < 1.29 is 0 Å². The van der Waals surface area contributed by atoms with E-state index in [0.29, 0.717) is 0 Å². The van der Waals surface area contributed by atoms with Crippen LogP contribution in [0.3, 0.4) is 0 Å². The normalized spacial score (nSPS) is 15.1. The second-order valence-electron chi connectivity index (χ2n) is 4.24. The van der Waals surface area contributed by atoms with Crippen molar-refractivity contribution in [1.82, 2.24) is 4.90 Å². The molecule has 1 aromatic carbocycles. The van der Waals surface area contributed by atoms with Crippen molar-refractivity contribution in [3.63, 3.8) is 0 Å². The van der Waals surface area contributed by atoms with Gasteiger partial charge in [-0.2, -0.15) is 0 Å². The maximum absolute atomic E-state index is 4.12. The number of hydrogen-bond donors (Lipinski definition) is 0. The van der Waals surface area contributed by atoms with E-state index < -0.39 is 0 Å². The Kier molecular flexibility index (Phi) is 3.43. The molecule has 1 aliphatic heterocycles. The average molecular weight is 243 g/mol. The summed E-state index contributed by atoms with van der Waals surface area (Å²) in [6.07, 6.45) is 0. The van der Waals surface area contributed by atoms with E-state index in [1.54, 1.807) is 11.8 Å². The van der Waals surface area contributed by atoms with Crippen LogP contribution in [-0.2, 0) is 6.54 Å². The quantitative estimate of drug-likeness (QED) is 0.777. The predicted molar refractivity (Wildman–Crippen MR) is 78.4 cm³/mol. The highest BCUT2D eigenvalue weighted by Gasteiger charge is 2.21. The summed E-state index contributed by atoms with van der Waals surface area (Å²) >= 11 is 1.62. The van der Waals surface area contributed by atoms with Gasteiger partial charge in [0.25, 0.3) is 0 Å². The molecule has 88 valence electrons. The molecule has 0 amide bonds. The molecule has 2 rings (SSSR count). The molecule has 0 bridgehead atoms. The zero-order valence-corrected chi connectivity index (χ0v) is 11.2. The fraction of sp³-hybridized carbons (Fsp3) is 0.200. The molecule has 17 heavy (non-hydrogen) atoms.